The monoisotopic (exact) mass is 194 g/mol. The summed E-state index contributed by atoms with van der Waals surface area (Å²) in [6.07, 6.45) is 3.93. The maximum absolute atomic E-state index is 9.77. The van der Waals surface area contributed by atoms with Crippen molar-refractivity contribution in [3.8, 4) is 0 Å². The average molecular weight is 194 g/mol. The number of anilines is 2. The Balaban J connectivity index is 2.17. The molecule has 14 heavy (non-hydrogen) atoms. The Morgan fingerprint density at radius 3 is 2.93 bits per heavy atom. The van der Waals surface area contributed by atoms with Gasteiger partial charge >= 0.3 is 0 Å². The third-order valence-electron chi connectivity index (χ3n) is 2.42. The lowest BCUT2D eigenvalue weighted by Crippen LogP contribution is -2.30. The van der Waals surface area contributed by atoms with Crippen molar-refractivity contribution >= 4 is 11.6 Å². The highest BCUT2D eigenvalue weighted by atomic mass is 16.3. The molecule has 1 saturated heterocycles. The van der Waals surface area contributed by atoms with Crippen LogP contribution in [0.3, 0.4) is 0 Å². The van der Waals surface area contributed by atoms with Crippen LogP contribution in [0.25, 0.3) is 0 Å². The second kappa shape index (κ2) is 3.09. The Morgan fingerprint density at radius 1 is 1.57 bits per heavy atom. The summed E-state index contributed by atoms with van der Waals surface area (Å²) >= 11 is 0. The molecule has 2 rings (SSSR count). The van der Waals surface area contributed by atoms with Crippen molar-refractivity contribution in [3.63, 3.8) is 0 Å². The summed E-state index contributed by atoms with van der Waals surface area (Å²) in [4.78, 5) is 10.1. The van der Waals surface area contributed by atoms with Gasteiger partial charge in [0.05, 0.1) is 18.0 Å². The first kappa shape index (κ1) is 9.21. The summed E-state index contributed by atoms with van der Waals surface area (Å²) < 4.78 is 0. The van der Waals surface area contributed by atoms with Crippen LogP contribution in [0.4, 0.5) is 11.6 Å². The standard InChI is InChI=1S/C9H14N4O/c1-9(14)2-3-13(6-9)8-5-11-4-7(10)12-8/h4-5,14H,2-3,6H2,1H3,(H2,10,12). The van der Waals surface area contributed by atoms with Gasteiger partial charge in [-0.25, -0.2) is 4.98 Å². The molecule has 1 aromatic rings. The number of hydrogen-bond donors (Lipinski definition) is 2. The van der Waals surface area contributed by atoms with Gasteiger partial charge in [0.15, 0.2) is 0 Å². The van der Waals surface area contributed by atoms with Gasteiger partial charge in [-0.15, -0.1) is 0 Å². The number of rotatable bonds is 1. The van der Waals surface area contributed by atoms with Gasteiger partial charge in [0.1, 0.15) is 11.6 Å². The van der Waals surface area contributed by atoms with Gasteiger partial charge in [-0.05, 0) is 13.3 Å². The van der Waals surface area contributed by atoms with Crippen molar-refractivity contribution in [2.45, 2.75) is 18.9 Å². The first-order valence-corrected chi connectivity index (χ1v) is 4.62. The van der Waals surface area contributed by atoms with E-state index in [2.05, 4.69) is 9.97 Å². The summed E-state index contributed by atoms with van der Waals surface area (Å²) in [5, 5.41) is 9.77. The summed E-state index contributed by atoms with van der Waals surface area (Å²) in [6, 6.07) is 0. The molecule has 0 amide bonds. The summed E-state index contributed by atoms with van der Waals surface area (Å²) in [6.45, 7) is 3.21. The maximum Gasteiger partial charge on any atom is 0.149 e. The van der Waals surface area contributed by atoms with Crippen molar-refractivity contribution in [3.05, 3.63) is 12.4 Å². The second-order valence-corrected chi connectivity index (χ2v) is 3.97. The highest BCUT2D eigenvalue weighted by Crippen LogP contribution is 2.24. The number of hydrogen-bond acceptors (Lipinski definition) is 5. The normalized spacial score (nSPS) is 26.9. The Morgan fingerprint density at radius 2 is 2.36 bits per heavy atom. The van der Waals surface area contributed by atoms with Gasteiger partial charge in [-0.3, -0.25) is 4.98 Å². The van der Waals surface area contributed by atoms with E-state index < -0.39 is 5.60 Å². The number of nitrogens with two attached hydrogens (primary N) is 1. The summed E-state index contributed by atoms with van der Waals surface area (Å²) in [5.41, 5.74) is 4.91. The van der Waals surface area contributed by atoms with E-state index in [4.69, 9.17) is 5.73 Å². The van der Waals surface area contributed by atoms with E-state index in [1.54, 1.807) is 6.20 Å². The maximum atomic E-state index is 9.77. The van der Waals surface area contributed by atoms with E-state index in [1.807, 2.05) is 11.8 Å². The molecule has 0 saturated carbocycles. The fraction of sp³-hybridized carbons (Fsp3) is 0.556. The molecule has 0 bridgehead atoms. The number of aliphatic hydroxyl groups is 1. The van der Waals surface area contributed by atoms with Crippen LogP contribution in [-0.2, 0) is 0 Å². The van der Waals surface area contributed by atoms with Gasteiger partial charge in [-0.1, -0.05) is 0 Å². The van der Waals surface area contributed by atoms with Gasteiger partial charge in [0.2, 0.25) is 0 Å². The van der Waals surface area contributed by atoms with Gasteiger partial charge in [0.25, 0.3) is 0 Å². The highest BCUT2D eigenvalue weighted by molar-refractivity contribution is 5.43. The Labute approximate surface area is 82.6 Å². The van der Waals surface area contributed by atoms with Gasteiger partial charge < -0.3 is 15.7 Å². The zero-order valence-corrected chi connectivity index (χ0v) is 8.14. The fourth-order valence-electron chi connectivity index (χ4n) is 1.66. The molecule has 1 aliphatic rings. The van der Waals surface area contributed by atoms with E-state index in [0.717, 1.165) is 18.8 Å². The Hall–Kier alpha value is -1.36. The molecule has 0 aromatic carbocycles. The second-order valence-electron chi connectivity index (χ2n) is 3.97. The van der Waals surface area contributed by atoms with E-state index in [-0.39, 0.29) is 0 Å². The minimum atomic E-state index is -0.619. The Kier molecular flexibility index (Phi) is 2.03. The predicted octanol–water partition coefficient (Wildman–Crippen LogP) is 0.0199. The number of nitrogens with zero attached hydrogens (tertiary/aromatic N) is 3. The summed E-state index contributed by atoms with van der Waals surface area (Å²) in [7, 11) is 0. The van der Waals surface area contributed by atoms with Crippen LogP contribution in [0, 0.1) is 0 Å². The van der Waals surface area contributed by atoms with Gasteiger partial charge in [0, 0.05) is 13.1 Å². The minimum Gasteiger partial charge on any atom is -0.388 e. The molecular weight excluding hydrogens is 180 g/mol. The van der Waals surface area contributed by atoms with E-state index in [0.29, 0.717) is 12.4 Å². The zero-order valence-electron chi connectivity index (χ0n) is 8.14. The van der Waals surface area contributed by atoms with E-state index >= 15 is 0 Å². The molecular formula is C9H14N4O. The highest BCUT2D eigenvalue weighted by Gasteiger charge is 2.32. The zero-order chi connectivity index (χ0) is 10.2. The molecule has 3 N–H and O–H groups in total. The molecule has 1 atom stereocenters. The van der Waals surface area contributed by atoms with E-state index in [9.17, 15) is 5.11 Å². The van der Waals surface area contributed by atoms with Crippen LogP contribution < -0.4 is 10.6 Å². The topological polar surface area (TPSA) is 75.3 Å². The van der Waals surface area contributed by atoms with Crippen LogP contribution in [-0.4, -0.2) is 33.8 Å². The van der Waals surface area contributed by atoms with Crippen molar-refractivity contribution in [1.29, 1.82) is 0 Å². The lowest BCUT2D eigenvalue weighted by molar-refractivity contribution is 0.0839. The molecule has 1 aromatic heterocycles. The molecule has 1 aliphatic heterocycles. The number of β-amino-alcohol motifs (C(OH)–C–C–N with tert-alkyl or cyclic N) is 1. The number of aromatic nitrogens is 2. The van der Waals surface area contributed by atoms with Crippen LogP contribution >= 0.6 is 0 Å². The van der Waals surface area contributed by atoms with Crippen molar-refractivity contribution in [2.75, 3.05) is 23.7 Å². The van der Waals surface area contributed by atoms with Crippen LogP contribution in [0.1, 0.15) is 13.3 Å². The van der Waals surface area contributed by atoms with Crippen LogP contribution in [0.2, 0.25) is 0 Å². The molecule has 0 spiro atoms. The quantitative estimate of drug-likeness (QED) is 0.659. The van der Waals surface area contributed by atoms with Gasteiger partial charge in [-0.2, -0.15) is 0 Å². The first-order valence-electron chi connectivity index (χ1n) is 4.62. The third kappa shape index (κ3) is 1.77. The minimum absolute atomic E-state index is 0.411. The largest absolute Gasteiger partial charge is 0.388 e. The third-order valence-corrected chi connectivity index (χ3v) is 2.42. The van der Waals surface area contributed by atoms with Crippen molar-refractivity contribution < 1.29 is 5.11 Å². The Bertz CT molecular complexity index is 339. The molecule has 76 valence electrons. The smallest absolute Gasteiger partial charge is 0.149 e. The number of nitrogen functional groups attached to an aromatic ring is 1. The first-order chi connectivity index (χ1) is 6.57. The van der Waals surface area contributed by atoms with Crippen molar-refractivity contribution in [2.24, 2.45) is 0 Å². The predicted molar refractivity (Wildman–Crippen MR) is 53.9 cm³/mol. The van der Waals surface area contributed by atoms with Crippen molar-refractivity contribution in [1.82, 2.24) is 9.97 Å². The van der Waals surface area contributed by atoms with Crippen LogP contribution in [0.5, 0.6) is 0 Å². The average Bonchev–Trinajstić information content (AvgIpc) is 2.46. The van der Waals surface area contributed by atoms with E-state index in [1.165, 1.54) is 6.20 Å². The molecule has 2 heterocycles. The molecule has 0 radical (unpaired) electrons. The molecule has 1 fully saturated rings. The lowest BCUT2D eigenvalue weighted by Gasteiger charge is -2.19. The SMILES string of the molecule is CC1(O)CCN(c2cncc(N)n2)C1. The summed E-state index contributed by atoms with van der Waals surface area (Å²) in [5.74, 6) is 1.15. The lowest BCUT2D eigenvalue weighted by atomic mass is 10.1. The fourth-order valence-corrected chi connectivity index (χ4v) is 1.66. The van der Waals surface area contributed by atoms with Crippen LogP contribution in [0.15, 0.2) is 12.4 Å². The molecule has 1 unspecified atom stereocenters. The molecule has 0 aliphatic carbocycles. The molecule has 5 nitrogen and oxygen atoms in total. The molecule has 5 heteroatoms.